The number of fused-ring (bicyclic) bond motifs is 1. The Bertz CT molecular complexity index is 600. The second-order valence-corrected chi connectivity index (χ2v) is 7.10. The summed E-state index contributed by atoms with van der Waals surface area (Å²) in [6.07, 6.45) is -4.40. The lowest BCUT2D eigenvalue weighted by molar-refractivity contribution is -0.140. The van der Waals surface area contributed by atoms with E-state index in [0.29, 0.717) is 5.52 Å². The first-order chi connectivity index (χ1) is 8.67. The largest absolute Gasteiger partial charge is 0.433 e. The molecule has 0 bridgehead atoms. The van der Waals surface area contributed by atoms with Crippen LogP contribution in [0, 0.1) is 0 Å². The molecule has 1 aromatic heterocycles. The van der Waals surface area contributed by atoms with Gasteiger partial charge in [-0.1, -0.05) is 26.8 Å². The lowest BCUT2D eigenvalue weighted by Gasteiger charge is -2.19. The van der Waals surface area contributed by atoms with Gasteiger partial charge in [-0.25, -0.2) is 4.98 Å². The molecular weight excluding hydrogens is 271 g/mol. The summed E-state index contributed by atoms with van der Waals surface area (Å²) >= 11 is 1.62. The molecule has 2 aromatic rings. The minimum absolute atomic E-state index is 0.00299. The number of pyridine rings is 1. The summed E-state index contributed by atoms with van der Waals surface area (Å²) in [6.45, 7) is 6.19. The first kappa shape index (κ1) is 14.2. The Kier molecular flexibility index (Phi) is 3.51. The van der Waals surface area contributed by atoms with Crippen molar-refractivity contribution in [3.8, 4) is 0 Å². The Morgan fingerprint density at radius 3 is 2.26 bits per heavy atom. The Hall–Kier alpha value is -1.23. The first-order valence-corrected chi connectivity index (χ1v) is 6.64. The molecule has 0 amide bonds. The van der Waals surface area contributed by atoms with Gasteiger partial charge in [0.1, 0.15) is 5.69 Å². The summed E-state index contributed by atoms with van der Waals surface area (Å²) < 4.78 is 37.9. The monoisotopic (exact) mass is 285 g/mol. The Labute approximate surface area is 114 Å². The molecule has 0 saturated carbocycles. The van der Waals surface area contributed by atoms with E-state index in [-0.39, 0.29) is 4.75 Å². The van der Waals surface area contributed by atoms with E-state index in [1.54, 1.807) is 23.9 Å². The van der Waals surface area contributed by atoms with E-state index < -0.39 is 11.9 Å². The minimum Gasteiger partial charge on any atom is -0.243 e. The fourth-order valence-corrected chi connectivity index (χ4v) is 2.79. The maximum atomic E-state index is 12.6. The molecule has 0 aliphatic heterocycles. The number of hydrogen-bond acceptors (Lipinski definition) is 2. The van der Waals surface area contributed by atoms with Crippen LogP contribution in [0.5, 0.6) is 0 Å². The van der Waals surface area contributed by atoms with E-state index in [2.05, 4.69) is 25.8 Å². The van der Waals surface area contributed by atoms with E-state index in [1.807, 2.05) is 6.07 Å². The molecule has 0 N–H and O–H groups in total. The second-order valence-electron chi connectivity index (χ2n) is 5.23. The quantitative estimate of drug-likeness (QED) is 0.672. The third kappa shape index (κ3) is 3.41. The molecule has 19 heavy (non-hydrogen) atoms. The SMILES string of the molecule is CC(C)(C)Sc1cccc2nc(C(F)(F)F)ccc12. The van der Waals surface area contributed by atoms with Crippen molar-refractivity contribution in [1.82, 2.24) is 4.98 Å². The number of rotatable bonds is 1. The van der Waals surface area contributed by atoms with Crippen molar-refractivity contribution in [3.05, 3.63) is 36.0 Å². The van der Waals surface area contributed by atoms with Crippen LogP contribution in [0.1, 0.15) is 26.5 Å². The van der Waals surface area contributed by atoms with Gasteiger partial charge in [0, 0.05) is 15.0 Å². The van der Waals surface area contributed by atoms with Gasteiger partial charge in [-0.05, 0) is 24.3 Å². The van der Waals surface area contributed by atoms with Crippen LogP contribution in [0.2, 0.25) is 0 Å². The van der Waals surface area contributed by atoms with Crippen molar-refractivity contribution in [1.29, 1.82) is 0 Å². The zero-order chi connectivity index (χ0) is 14.3. The molecule has 0 aliphatic rings. The summed E-state index contributed by atoms with van der Waals surface area (Å²) in [7, 11) is 0. The molecule has 1 heterocycles. The van der Waals surface area contributed by atoms with Crippen LogP contribution >= 0.6 is 11.8 Å². The van der Waals surface area contributed by atoms with E-state index in [0.717, 1.165) is 16.3 Å². The van der Waals surface area contributed by atoms with Crippen molar-refractivity contribution >= 4 is 22.7 Å². The van der Waals surface area contributed by atoms with Gasteiger partial charge < -0.3 is 0 Å². The summed E-state index contributed by atoms with van der Waals surface area (Å²) in [6, 6.07) is 7.79. The average Bonchev–Trinajstić information content (AvgIpc) is 2.25. The van der Waals surface area contributed by atoms with Crippen molar-refractivity contribution in [3.63, 3.8) is 0 Å². The van der Waals surface area contributed by atoms with Crippen molar-refractivity contribution < 1.29 is 13.2 Å². The summed E-state index contributed by atoms with van der Waals surface area (Å²) in [5.41, 5.74) is -0.470. The van der Waals surface area contributed by atoms with Crippen molar-refractivity contribution in [2.75, 3.05) is 0 Å². The highest BCUT2D eigenvalue weighted by Crippen LogP contribution is 2.37. The maximum Gasteiger partial charge on any atom is 0.433 e. The highest BCUT2D eigenvalue weighted by Gasteiger charge is 2.32. The van der Waals surface area contributed by atoms with Crippen molar-refractivity contribution in [2.24, 2.45) is 0 Å². The van der Waals surface area contributed by atoms with Crippen LogP contribution in [0.3, 0.4) is 0 Å². The number of alkyl halides is 3. The third-order valence-corrected chi connectivity index (χ3v) is 3.59. The molecule has 1 aromatic carbocycles. The molecule has 0 atom stereocenters. The number of thioether (sulfide) groups is 1. The lowest BCUT2D eigenvalue weighted by atomic mass is 10.2. The van der Waals surface area contributed by atoms with Crippen molar-refractivity contribution in [2.45, 2.75) is 36.6 Å². The van der Waals surface area contributed by atoms with Gasteiger partial charge in [0.05, 0.1) is 5.52 Å². The summed E-state index contributed by atoms with van der Waals surface area (Å²) in [4.78, 5) is 4.65. The smallest absolute Gasteiger partial charge is 0.243 e. The van der Waals surface area contributed by atoms with Crippen LogP contribution in [-0.4, -0.2) is 9.73 Å². The van der Waals surface area contributed by atoms with E-state index in [1.165, 1.54) is 6.07 Å². The molecule has 102 valence electrons. The molecule has 0 spiro atoms. The molecule has 0 unspecified atom stereocenters. The highest BCUT2D eigenvalue weighted by atomic mass is 32.2. The Morgan fingerprint density at radius 1 is 1.00 bits per heavy atom. The summed E-state index contributed by atoms with van der Waals surface area (Å²) in [5, 5.41) is 0.760. The number of hydrogen-bond donors (Lipinski definition) is 0. The van der Waals surface area contributed by atoms with Gasteiger partial charge in [0.25, 0.3) is 0 Å². The number of halogens is 3. The Balaban J connectivity index is 2.53. The van der Waals surface area contributed by atoms with Crippen LogP contribution in [0.15, 0.2) is 35.2 Å². The number of aromatic nitrogens is 1. The highest BCUT2D eigenvalue weighted by molar-refractivity contribution is 8.00. The molecule has 5 heteroatoms. The first-order valence-electron chi connectivity index (χ1n) is 5.83. The molecule has 2 rings (SSSR count). The molecule has 1 nitrogen and oxygen atoms in total. The van der Waals surface area contributed by atoms with Gasteiger partial charge in [0.2, 0.25) is 0 Å². The molecule has 0 fully saturated rings. The average molecular weight is 285 g/mol. The zero-order valence-electron chi connectivity index (χ0n) is 10.9. The maximum absolute atomic E-state index is 12.6. The minimum atomic E-state index is -4.40. The van der Waals surface area contributed by atoms with Crippen LogP contribution in [0.4, 0.5) is 13.2 Å². The van der Waals surface area contributed by atoms with E-state index >= 15 is 0 Å². The summed E-state index contributed by atoms with van der Waals surface area (Å²) in [5.74, 6) is 0. The van der Waals surface area contributed by atoms with Gasteiger partial charge in [0.15, 0.2) is 0 Å². The Morgan fingerprint density at radius 2 is 1.68 bits per heavy atom. The molecular formula is C14H14F3NS. The number of nitrogens with zero attached hydrogens (tertiary/aromatic N) is 1. The third-order valence-electron chi connectivity index (χ3n) is 2.40. The van der Waals surface area contributed by atoms with Gasteiger partial charge >= 0.3 is 6.18 Å². The zero-order valence-corrected chi connectivity index (χ0v) is 11.7. The van der Waals surface area contributed by atoms with Gasteiger partial charge in [-0.3, -0.25) is 0 Å². The number of benzene rings is 1. The predicted molar refractivity (Wildman–Crippen MR) is 72.4 cm³/mol. The standard InChI is InChI=1S/C14H14F3NS/c1-13(2,3)19-11-6-4-5-10-9(11)7-8-12(18-10)14(15,16)17/h4-8H,1-3H3. The van der Waals surface area contributed by atoms with Crippen LogP contribution in [-0.2, 0) is 6.18 Å². The molecule has 0 radical (unpaired) electrons. The van der Waals surface area contributed by atoms with E-state index in [9.17, 15) is 13.2 Å². The van der Waals surface area contributed by atoms with E-state index in [4.69, 9.17) is 0 Å². The van der Waals surface area contributed by atoms with Gasteiger partial charge in [-0.2, -0.15) is 13.2 Å². The van der Waals surface area contributed by atoms with Crippen LogP contribution in [0.25, 0.3) is 10.9 Å². The lowest BCUT2D eigenvalue weighted by Crippen LogP contribution is -2.08. The molecule has 0 aliphatic carbocycles. The normalized spacial score (nSPS) is 12.9. The fraction of sp³-hybridized carbons (Fsp3) is 0.357. The topological polar surface area (TPSA) is 12.9 Å². The predicted octanol–water partition coefficient (Wildman–Crippen LogP) is 5.14. The fourth-order valence-electron chi connectivity index (χ4n) is 1.70. The molecule has 0 saturated heterocycles. The van der Waals surface area contributed by atoms with Gasteiger partial charge in [-0.15, -0.1) is 11.8 Å². The van der Waals surface area contributed by atoms with Crippen LogP contribution < -0.4 is 0 Å². The second kappa shape index (κ2) is 4.71.